The lowest BCUT2D eigenvalue weighted by molar-refractivity contribution is -0.113. The molecule has 0 fully saturated rings. The van der Waals surface area contributed by atoms with E-state index in [1.165, 1.54) is 11.8 Å². The molecule has 3 aromatic rings. The first-order chi connectivity index (χ1) is 15.3. The van der Waals surface area contributed by atoms with Crippen LogP contribution in [0.3, 0.4) is 0 Å². The van der Waals surface area contributed by atoms with E-state index in [-0.39, 0.29) is 23.6 Å². The average molecular weight is 537 g/mol. The highest BCUT2D eigenvalue weighted by molar-refractivity contribution is 9.10. The third-order valence-electron chi connectivity index (χ3n) is 4.68. The minimum atomic E-state index is -0.362. The van der Waals surface area contributed by atoms with Crippen LogP contribution in [0.5, 0.6) is 0 Å². The van der Waals surface area contributed by atoms with Crippen LogP contribution in [-0.4, -0.2) is 32.3 Å². The van der Waals surface area contributed by atoms with Crippen LogP contribution in [-0.2, 0) is 11.3 Å². The Hall–Kier alpha value is -2.36. The fourth-order valence-electron chi connectivity index (χ4n) is 3.02. The lowest BCUT2D eigenvalue weighted by atomic mass is 10.2. The van der Waals surface area contributed by atoms with Gasteiger partial charge in [-0.2, -0.15) is 0 Å². The van der Waals surface area contributed by atoms with E-state index in [1.807, 2.05) is 43.5 Å². The zero-order valence-electron chi connectivity index (χ0n) is 17.9. The fraction of sp³-hybridized carbons (Fsp3) is 0.273. The number of amides is 2. The summed E-state index contributed by atoms with van der Waals surface area (Å²) in [6.45, 7) is 6.39. The number of carbonyl (C=O) groups is 2. The standard InChI is InChI=1S/C22H23BrClN5O2S/c1-4-29-20(14(3)25-21(31)15-5-7-16(24)8-6-15)27-28-22(29)32-12-19(30)26-17-9-10-18(23)13(2)11-17/h5-11,14H,4,12H2,1-3H3,(H,25,31)(H,26,30)/t14-/m1/s1. The van der Waals surface area contributed by atoms with Gasteiger partial charge in [0.15, 0.2) is 11.0 Å². The quantitative estimate of drug-likeness (QED) is 0.384. The van der Waals surface area contributed by atoms with Gasteiger partial charge < -0.3 is 15.2 Å². The lowest BCUT2D eigenvalue weighted by Crippen LogP contribution is -2.28. The Labute approximate surface area is 204 Å². The summed E-state index contributed by atoms with van der Waals surface area (Å²) in [5.74, 6) is 0.464. The van der Waals surface area contributed by atoms with E-state index < -0.39 is 0 Å². The Bertz CT molecular complexity index is 1120. The zero-order chi connectivity index (χ0) is 23.3. The van der Waals surface area contributed by atoms with Gasteiger partial charge in [0.2, 0.25) is 5.91 Å². The third-order valence-corrected chi connectivity index (χ3v) is 6.79. The van der Waals surface area contributed by atoms with Gasteiger partial charge in [-0.05, 0) is 68.8 Å². The number of rotatable bonds is 8. The molecule has 0 aliphatic heterocycles. The van der Waals surface area contributed by atoms with Crippen LogP contribution in [0, 0.1) is 6.92 Å². The summed E-state index contributed by atoms with van der Waals surface area (Å²) in [6, 6.07) is 12.0. The van der Waals surface area contributed by atoms with Crippen molar-refractivity contribution in [3.8, 4) is 0 Å². The summed E-state index contributed by atoms with van der Waals surface area (Å²) < 4.78 is 2.89. The largest absolute Gasteiger partial charge is 0.342 e. The van der Waals surface area contributed by atoms with E-state index in [9.17, 15) is 9.59 Å². The second-order valence-electron chi connectivity index (χ2n) is 7.09. The van der Waals surface area contributed by atoms with Gasteiger partial charge in [-0.3, -0.25) is 9.59 Å². The van der Waals surface area contributed by atoms with Crippen LogP contribution in [0.4, 0.5) is 5.69 Å². The molecule has 0 saturated heterocycles. The molecule has 0 unspecified atom stereocenters. The van der Waals surface area contributed by atoms with Crippen molar-refractivity contribution in [1.82, 2.24) is 20.1 Å². The molecule has 0 radical (unpaired) electrons. The Morgan fingerprint density at radius 1 is 1.19 bits per heavy atom. The molecule has 10 heteroatoms. The van der Waals surface area contributed by atoms with Crippen molar-refractivity contribution in [2.24, 2.45) is 0 Å². The third kappa shape index (κ3) is 6.11. The second-order valence-corrected chi connectivity index (χ2v) is 9.32. The maximum Gasteiger partial charge on any atom is 0.251 e. The minimum Gasteiger partial charge on any atom is -0.342 e. The van der Waals surface area contributed by atoms with Crippen LogP contribution in [0.1, 0.15) is 41.6 Å². The lowest BCUT2D eigenvalue weighted by Gasteiger charge is -2.15. The number of aryl methyl sites for hydroxylation is 1. The van der Waals surface area contributed by atoms with Crippen molar-refractivity contribution in [3.63, 3.8) is 0 Å². The number of benzene rings is 2. The fourth-order valence-corrected chi connectivity index (χ4v) is 4.20. The number of hydrogen-bond donors (Lipinski definition) is 2. The van der Waals surface area contributed by atoms with Crippen molar-refractivity contribution in [2.75, 3.05) is 11.1 Å². The number of thioether (sulfide) groups is 1. The number of carbonyl (C=O) groups excluding carboxylic acids is 2. The van der Waals surface area contributed by atoms with Gasteiger partial charge in [0.1, 0.15) is 0 Å². The van der Waals surface area contributed by atoms with Gasteiger partial charge in [0.05, 0.1) is 11.8 Å². The van der Waals surface area contributed by atoms with Gasteiger partial charge >= 0.3 is 0 Å². The van der Waals surface area contributed by atoms with Crippen LogP contribution >= 0.6 is 39.3 Å². The first-order valence-corrected chi connectivity index (χ1v) is 12.1. The average Bonchev–Trinajstić information content (AvgIpc) is 3.18. The van der Waals surface area contributed by atoms with Crippen LogP contribution in [0.2, 0.25) is 5.02 Å². The first kappa shape index (κ1) is 24.3. The number of nitrogens with zero attached hydrogens (tertiary/aromatic N) is 3. The Balaban J connectivity index is 1.62. The molecule has 2 aromatic carbocycles. The summed E-state index contributed by atoms with van der Waals surface area (Å²) in [5.41, 5.74) is 2.30. The molecule has 0 aliphatic carbocycles. The van der Waals surface area contributed by atoms with Crippen molar-refractivity contribution >= 4 is 56.8 Å². The molecular formula is C22H23BrClN5O2S. The summed E-state index contributed by atoms with van der Waals surface area (Å²) in [6.07, 6.45) is 0. The first-order valence-electron chi connectivity index (χ1n) is 9.96. The van der Waals surface area contributed by atoms with Gasteiger partial charge in [-0.25, -0.2) is 0 Å². The molecule has 1 atom stereocenters. The predicted octanol–water partition coefficient (Wildman–Crippen LogP) is 5.24. The van der Waals surface area contributed by atoms with Gasteiger partial charge in [-0.1, -0.05) is 39.3 Å². The Morgan fingerprint density at radius 2 is 1.91 bits per heavy atom. The van der Waals surface area contributed by atoms with E-state index in [4.69, 9.17) is 11.6 Å². The highest BCUT2D eigenvalue weighted by Crippen LogP contribution is 2.23. The Morgan fingerprint density at radius 3 is 2.56 bits per heavy atom. The number of anilines is 1. The van der Waals surface area contributed by atoms with E-state index in [0.717, 1.165) is 15.7 Å². The molecule has 2 N–H and O–H groups in total. The highest BCUT2D eigenvalue weighted by atomic mass is 79.9. The SMILES string of the molecule is CCn1c(SCC(=O)Nc2ccc(Br)c(C)c2)nnc1[C@@H](C)NC(=O)c1ccc(Cl)cc1. The van der Waals surface area contributed by atoms with E-state index in [1.54, 1.807) is 24.3 Å². The zero-order valence-corrected chi connectivity index (χ0v) is 21.0. The van der Waals surface area contributed by atoms with Crippen molar-refractivity contribution < 1.29 is 9.59 Å². The molecule has 32 heavy (non-hydrogen) atoms. The van der Waals surface area contributed by atoms with Gasteiger partial charge in [0, 0.05) is 27.3 Å². The maximum atomic E-state index is 12.5. The van der Waals surface area contributed by atoms with Crippen LogP contribution in [0.15, 0.2) is 52.1 Å². The van der Waals surface area contributed by atoms with Gasteiger partial charge in [0.25, 0.3) is 5.91 Å². The van der Waals surface area contributed by atoms with Crippen molar-refractivity contribution in [2.45, 2.75) is 38.5 Å². The molecule has 0 bridgehead atoms. The summed E-state index contributed by atoms with van der Waals surface area (Å²) in [5, 5.41) is 15.5. The summed E-state index contributed by atoms with van der Waals surface area (Å²) >= 11 is 10.6. The number of halogens is 2. The molecule has 7 nitrogen and oxygen atoms in total. The highest BCUT2D eigenvalue weighted by Gasteiger charge is 2.20. The molecule has 1 heterocycles. The predicted molar refractivity (Wildman–Crippen MR) is 131 cm³/mol. The maximum absolute atomic E-state index is 12.5. The summed E-state index contributed by atoms with van der Waals surface area (Å²) in [4.78, 5) is 24.9. The monoisotopic (exact) mass is 535 g/mol. The molecule has 0 aliphatic rings. The topological polar surface area (TPSA) is 88.9 Å². The van der Waals surface area contributed by atoms with Gasteiger partial charge in [-0.15, -0.1) is 10.2 Å². The van der Waals surface area contributed by atoms with E-state index >= 15 is 0 Å². The molecule has 0 spiro atoms. The van der Waals surface area contributed by atoms with Crippen molar-refractivity contribution in [1.29, 1.82) is 0 Å². The number of aromatic nitrogens is 3. The summed E-state index contributed by atoms with van der Waals surface area (Å²) in [7, 11) is 0. The minimum absolute atomic E-state index is 0.131. The number of hydrogen-bond acceptors (Lipinski definition) is 5. The normalized spacial score (nSPS) is 11.8. The van der Waals surface area contributed by atoms with E-state index in [0.29, 0.717) is 28.1 Å². The molecule has 2 amide bonds. The van der Waals surface area contributed by atoms with Crippen LogP contribution < -0.4 is 10.6 Å². The molecule has 0 saturated carbocycles. The molecule has 3 rings (SSSR count). The molecule has 1 aromatic heterocycles. The molecular weight excluding hydrogens is 514 g/mol. The van der Waals surface area contributed by atoms with Crippen molar-refractivity contribution in [3.05, 3.63) is 68.9 Å². The van der Waals surface area contributed by atoms with E-state index in [2.05, 4.69) is 36.8 Å². The number of nitrogens with one attached hydrogen (secondary N) is 2. The Kier molecular flexibility index (Phi) is 8.33. The van der Waals surface area contributed by atoms with Crippen LogP contribution in [0.25, 0.3) is 0 Å². The molecule has 168 valence electrons. The smallest absolute Gasteiger partial charge is 0.251 e. The second kappa shape index (κ2) is 11.0.